The van der Waals surface area contributed by atoms with Crippen molar-refractivity contribution in [2.24, 2.45) is 11.7 Å². The lowest BCUT2D eigenvalue weighted by Gasteiger charge is -2.35. The first-order valence-electron chi connectivity index (χ1n) is 8.38. The zero-order chi connectivity index (χ0) is 17.0. The molecule has 0 saturated carbocycles. The molecule has 0 spiro atoms. The first-order chi connectivity index (χ1) is 10.8. The molecule has 1 heterocycles. The van der Waals surface area contributed by atoms with Crippen LogP contribution in [0, 0.1) is 5.92 Å². The van der Waals surface area contributed by atoms with Crippen molar-refractivity contribution in [1.29, 1.82) is 0 Å². The number of benzene rings is 1. The normalized spacial score (nSPS) is 20.7. The van der Waals surface area contributed by atoms with Crippen LogP contribution in [0.15, 0.2) is 28.7 Å². The molecule has 2 atom stereocenters. The summed E-state index contributed by atoms with van der Waals surface area (Å²) in [6.45, 7) is 9.11. The molecule has 0 bridgehead atoms. The zero-order valence-corrected chi connectivity index (χ0v) is 15.9. The Labute approximate surface area is 147 Å². The molecule has 0 aromatic heterocycles. The van der Waals surface area contributed by atoms with E-state index in [2.05, 4.69) is 40.0 Å². The molecule has 4 nitrogen and oxygen atoms in total. The highest BCUT2D eigenvalue weighted by atomic mass is 79.9. The van der Waals surface area contributed by atoms with Gasteiger partial charge in [-0.15, -0.1) is 0 Å². The topological polar surface area (TPSA) is 58.4 Å². The molecule has 3 N–H and O–H groups in total. The van der Waals surface area contributed by atoms with Crippen LogP contribution in [0.2, 0.25) is 0 Å². The van der Waals surface area contributed by atoms with Crippen molar-refractivity contribution in [2.75, 3.05) is 19.6 Å². The van der Waals surface area contributed by atoms with E-state index in [4.69, 9.17) is 5.73 Å². The minimum atomic E-state index is -1.02. The number of hydrogen-bond donors (Lipinski definition) is 2. The number of carbonyl (C=O) groups excluding carboxylic acids is 1. The summed E-state index contributed by atoms with van der Waals surface area (Å²) >= 11 is 3.40. The number of carbonyl (C=O) groups is 1. The third-order valence-electron chi connectivity index (χ3n) is 4.92. The van der Waals surface area contributed by atoms with Gasteiger partial charge in [0.05, 0.1) is 0 Å². The zero-order valence-electron chi connectivity index (χ0n) is 14.3. The molecule has 5 heteroatoms. The lowest BCUT2D eigenvalue weighted by atomic mass is 9.92. The average Bonchev–Trinajstić information content (AvgIpc) is 2.53. The van der Waals surface area contributed by atoms with Gasteiger partial charge in [-0.3, -0.25) is 9.69 Å². The predicted octanol–water partition coefficient (Wildman–Crippen LogP) is 2.86. The minimum Gasteiger partial charge on any atom is -0.353 e. The number of nitrogens with two attached hydrogens (primary N) is 1. The van der Waals surface area contributed by atoms with Gasteiger partial charge >= 0.3 is 0 Å². The second kappa shape index (κ2) is 7.77. The Morgan fingerprint density at radius 1 is 1.39 bits per heavy atom. The van der Waals surface area contributed by atoms with Crippen molar-refractivity contribution in [2.45, 2.75) is 45.2 Å². The smallest absolute Gasteiger partial charge is 0.244 e. The van der Waals surface area contributed by atoms with Gasteiger partial charge in [0.2, 0.25) is 5.91 Å². The van der Waals surface area contributed by atoms with E-state index in [0.29, 0.717) is 12.6 Å². The van der Waals surface area contributed by atoms with Crippen LogP contribution >= 0.6 is 15.9 Å². The highest BCUT2D eigenvalue weighted by molar-refractivity contribution is 9.10. The van der Waals surface area contributed by atoms with Gasteiger partial charge in [-0.2, -0.15) is 0 Å². The van der Waals surface area contributed by atoms with Crippen molar-refractivity contribution < 1.29 is 4.79 Å². The van der Waals surface area contributed by atoms with E-state index >= 15 is 0 Å². The monoisotopic (exact) mass is 381 g/mol. The Hall–Kier alpha value is -0.910. The Morgan fingerprint density at radius 3 is 2.52 bits per heavy atom. The molecule has 1 aromatic carbocycles. The van der Waals surface area contributed by atoms with Crippen molar-refractivity contribution in [3.8, 4) is 0 Å². The molecule has 128 valence electrons. The molecule has 1 aliphatic rings. The molecule has 1 saturated heterocycles. The average molecular weight is 382 g/mol. The highest BCUT2D eigenvalue weighted by Crippen LogP contribution is 2.21. The van der Waals surface area contributed by atoms with Crippen molar-refractivity contribution in [3.05, 3.63) is 34.3 Å². The van der Waals surface area contributed by atoms with E-state index in [-0.39, 0.29) is 5.91 Å². The van der Waals surface area contributed by atoms with Gasteiger partial charge < -0.3 is 11.1 Å². The fourth-order valence-electron chi connectivity index (χ4n) is 2.95. The summed E-state index contributed by atoms with van der Waals surface area (Å²) in [5.41, 5.74) is 6.07. The Kier molecular flexibility index (Phi) is 6.23. The number of nitrogens with zero attached hydrogens (tertiary/aromatic N) is 1. The van der Waals surface area contributed by atoms with Crippen molar-refractivity contribution in [3.63, 3.8) is 0 Å². The number of hydrogen-bond acceptors (Lipinski definition) is 3. The molecule has 1 amide bonds. The van der Waals surface area contributed by atoms with Gasteiger partial charge in [-0.1, -0.05) is 35.0 Å². The van der Waals surface area contributed by atoms with Gasteiger partial charge in [0, 0.05) is 17.1 Å². The molecular formula is C18H28BrN3O. The van der Waals surface area contributed by atoms with Gasteiger partial charge in [0.15, 0.2) is 0 Å². The lowest BCUT2D eigenvalue weighted by molar-refractivity contribution is -0.126. The maximum absolute atomic E-state index is 12.5. The number of rotatable bonds is 5. The fraction of sp³-hybridized carbons (Fsp3) is 0.611. The van der Waals surface area contributed by atoms with Crippen molar-refractivity contribution >= 4 is 21.8 Å². The summed E-state index contributed by atoms with van der Waals surface area (Å²) in [6, 6.07) is 7.93. The standard InChI is InChI=1S/C18H28BrN3O/c1-13-8-10-22(11-9-13)14(2)12-21-17(23)18(3,20)15-4-6-16(19)7-5-15/h4-7,13-14H,8-12,20H2,1-3H3,(H,21,23). The van der Waals surface area contributed by atoms with Crippen molar-refractivity contribution in [1.82, 2.24) is 10.2 Å². The minimum absolute atomic E-state index is 0.128. The maximum Gasteiger partial charge on any atom is 0.244 e. The van der Waals surface area contributed by atoms with Gasteiger partial charge in [-0.25, -0.2) is 0 Å². The summed E-state index contributed by atoms with van der Waals surface area (Å²) in [4.78, 5) is 15.0. The first-order valence-corrected chi connectivity index (χ1v) is 9.17. The second-order valence-electron chi connectivity index (χ2n) is 6.99. The van der Waals surface area contributed by atoms with Crippen LogP contribution in [-0.4, -0.2) is 36.5 Å². The maximum atomic E-state index is 12.5. The van der Waals surface area contributed by atoms with Crippen LogP contribution in [0.3, 0.4) is 0 Å². The SMILES string of the molecule is CC1CCN(C(C)CNC(=O)C(C)(N)c2ccc(Br)cc2)CC1. The third-order valence-corrected chi connectivity index (χ3v) is 5.44. The summed E-state index contributed by atoms with van der Waals surface area (Å²) in [5, 5.41) is 3.03. The number of nitrogens with one attached hydrogen (secondary N) is 1. The van der Waals surface area contributed by atoms with E-state index in [1.54, 1.807) is 6.92 Å². The Balaban J connectivity index is 1.89. The van der Waals surface area contributed by atoms with E-state index in [1.807, 2.05) is 24.3 Å². The summed E-state index contributed by atoms with van der Waals surface area (Å²) in [5.74, 6) is 0.690. The van der Waals surface area contributed by atoms with E-state index in [1.165, 1.54) is 12.8 Å². The number of piperidine rings is 1. The summed E-state index contributed by atoms with van der Waals surface area (Å²) in [6.07, 6.45) is 2.48. The van der Waals surface area contributed by atoms with E-state index in [9.17, 15) is 4.79 Å². The third kappa shape index (κ3) is 4.78. The van der Waals surface area contributed by atoms with Crippen LogP contribution in [0.25, 0.3) is 0 Å². The van der Waals surface area contributed by atoms with Crippen LogP contribution in [0.1, 0.15) is 39.2 Å². The molecule has 2 unspecified atom stereocenters. The predicted molar refractivity (Wildman–Crippen MR) is 98.1 cm³/mol. The highest BCUT2D eigenvalue weighted by Gasteiger charge is 2.31. The van der Waals surface area contributed by atoms with Crippen LogP contribution in [0.5, 0.6) is 0 Å². The fourth-order valence-corrected chi connectivity index (χ4v) is 3.21. The molecule has 1 aromatic rings. The quantitative estimate of drug-likeness (QED) is 0.824. The summed E-state index contributed by atoms with van der Waals surface area (Å²) in [7, 11) is 0. The van der Waals surface area contributed by atoms with Gasteiger partial charge in [0.25, 0.3) is 0 Å². The number of halogens is 1. The lowest BCUT2D eigenvalue weighted by Crippen LogP contribution is -2.52. The largest absolute Gasteiger partial charge is 0.353 e. The van der Waals surface area contributed by atoms with Gasteiger partial charge in [0.1, 0.15) is 5.54 Å². The second-order valence-corrected chi connectivity index (χ2v) is 7.90. The van der Waals surface area contributed by atoms with Crippen LogP contribution in [-0.2, 0) is 10.3 Å². The Morgan fingerprint density at radius 2 is 1.96 bits per heavy atom. The number of likely N-dealkylation sites (tertiary alicyclic amines) is 1. The number of amides is 1. The Bertz CT molecular complexity index is 522. The first kappa shape index (κ1) is 18.4. The van der Waals surface area contributed by atoms with Crippen LogP contribution < -0.4 is 11.1 Å². The molecule has 2 rings (SSSR count). The van der Waals surface area contributed by atoms with E-state index < -0.39 is 5.54 Å². The molecule has 0 radical (unpaired) electrons. The molecular weight excluding hydrogens is 354 g/mol. The molecule has 0 aliphatic carbocycles. The van der Waals surface area contributed by atoms with E-state index in [0.717, 1.165) is 29.0 Å². The van der Waals surface area contributed by atoms with Crippen LogP contribution in [0.4, 0.5) is 0 Å². The molecule has 23 heavy (non-hydrogen) atoms. The molecule has 1 aliphatic heterocycles. The van der Waals surface area contributed by atoms with Gasteiger partial charge in [-0.05, 0) is 63.4 Å². The summed E-state index contributed by atoms with van der Waals surface area (Å²) < 4.78 is 0.977. The molecule has 1 fully saturated rings.